The van der Waals surface area contributed by atoms with Gasteiger partial charge < -0.3 is 0 Å². The number of rotatable bonds is 1. The molecule has 0 fully saturated rings. The minimum Gasteiger partial charge on any atom is -0.138 e. The SMILES string of the molecule is N=[P+](N)C1([SiH3])C([SiH3])=C([SiH3])C([SiH3])=C1[SiH3]. The topological polar surface area (TPSA) is 49.9 Å². The van der Waals surface area contributed by atoms with Gasteiger partial charge in [0.2, 0.25) is 0 Å². The van der Waals surface area contributed by atoms with Crippen molar-refractivity contribution in [3.63, 3.8) is 0 Å². The summed E-state index contributed by atoms with van der Waals surface area (Å²) in [6.45, 7) is 0. The van der Waals surface area contributed by atoms with Gasteiger partial charge in [-0.25, -0.2) is 0 Å². The fraction of sp³-hybridized carbons (Fsp3) is 0.200. The second kappa shape index (κ2) is 3.65. The average molecular weight is 278 g/mol. The van der Waals surface area contributed by atoms with Crippen molar-refractivity contribution in [1.29, 1.82) is 5.16 Å². The summed E-state index contributed by atoms with van der Waals surface area (Å²) in [5, 5.41) is 14.4. The van der Waals surface area contributed by atoms with Crippen molar-refractivity contribution in [1.82, 2.24) is 0 Å². The van der Waals surface area contributed by atoms with Gasteiger partial charge in [-0.15, -0.1) is 10.7 Å². The Morgan fingerprint density at radius 2 is 1.38 bits per heavy atom. The molecule has 1 unspecified atom stereocenters. The van der Waals surface area contributed by atoms with Gasteiger partial charge in [-0.1, -0.05) is 10.4 Å². The Morgan fingerprint density at radius 1 is 1.08 bits per heavy atom. The van der Waals surface area contributed by atoms with Crippen molar-refractivity contribution in [2.75, 3.05) is 0 Å². The van der Waals surface area contributed by atoms with Gasteiger partial charge in [0.05, 0.1) is 10.2 Å². The minimum atomic E-state index is -1.01. The quantitative estimate of drug-likeness (QED) is 0.366. The number of hydrogen-bond donors (Lipinski definition) is 2. The van der Waals surface area contributed by atoms with E-state index >= 15 is 0 Å². The molecule has 72 valence electrons. The Kier molecular flexibility index (Phi) is 3.28. The predicted octanol–water partition coefficient (Wildman–Crippen LogP) is -4.94. The standard InChI is InChI=1S/C5H18N2PSi5/c6-8(7)5(13)3(11)1(9)2(10)4(5)12/h9-13H3,(H3,6,7)/q+1. The first kappa shape index (κ1) is 11.7. The number of nitrogens with two attached hydrogens (primary N) is 1. The molecule has 8 heteroatoms. The van der Waals surface area contributed by atoms with Crippen LogP contribution in [-0.2, 0) is 0 Å². The van der Waals surface area contributed by atoms with Gasteiger partial charge >= 0.3 is 0 Å². The fourth-order valence-electron chi connectivity index (χ4n) is 1.94. The molecule has 13 heavy (non-hydrogen) atoms. The lowest BCUT2D eigenvalue weighted by atomic mass is 10.4. The van der Waals surface area contributed by atoms with E-state index in [4.69, 9.17) is 10.7 Å². The Labute approximate surface area is 95.3 Å². The third kappa shape index (κ3) is 1.52. The van der Waals surface area contributed by atoms with E-state index in [0.717, 1.165) is 30.7 Å². The molecule has 1 rings (SSSR count). The smallest absolute Gasteiger partial charge is 0.138 e. The molecule has 1 atom stereocenters. The van der Waals surface area contributed by atoms with E-state index < -0.39 is 7.86 Å². The van der Waals surface area contributed by atoms with Crippen molar-refractivity contribution < 1.29 is 0 Å². The molecule has 1 aliphatic rings. The van der Waals surface area contributed by atoms with Gasteiger partial charge in [0.1, 0.15) is 0 Å². The predicted molar refractivity (Wildman–Crippen MR) is 80.3 cm³/mol. The minimum absolute atomic E-state index is 0.155. The molecule has 0 aromatic rings. The van der Waals surface area contributed by atoms with E-state index in [0.29, 0.717) is 0 Å². The van der Waals surface area contributed by atoms with E-state index in [-0.39, 0.29) is 4.78 Å². The van der Waals surface area contributed by atoms with Gasteiger partial charge in [-0.3, -0.25) is 0 Å². The lowest BCUT2D eigenvalue weighted by molar-refractivity contribution is 1.21. The Balaban J connectivity index is 3.39. The highest BCUT2D eigenvalue weighted by Crippen LogP contribution is 2.47. The van der Waals surface area contributed by atoms with Crippen LogP contribution in [0.5, 0.6) is 0 Å². The lowest BCUT2D eigenvalue weighted by Gasteiger charge is -2.18. The molecule has 3 N–H and O–H groups in total. The number of hydrogen-bond acceptors (Lipinski definition) is 1. The number of allylic oxidation sites excluding steroid dienone is 4. The maximum Gasteiger partial charge on any atom is 0.295 e. The van der Waals surface area contributed by atoms with Crippen LogP contribution in [0.15, 0.2) is 20.8 Å². The van der Waals surface area contributed by atoms with Crippen LogP contribution in [0.3, 0.4) is 0 Å². The molecule has 0 radical (unpaired) electrons. The fourth-order valence-corrected chi connectivity index (χ4v) is 11.4. The summed E-state index contributed by atoms with van der Waals surface area (Å²) in [6, 6.07) is 0. The molecule has 2 nitrogen and oxygen atoms in total. The molecule has 0 heterocycles. The normalized spacial score (nSPS) is 31.3. The highest BCUT2D eigenvalue weighted by atomic mass is 31.1. The summed E-state index contributed by atoms with van der Waals surface area (Å²) >= 11 is 0. The largest absolute Gasteiger partial charge is 0.295 e. The van der Waals surface area contributed by atoms with Crippen molar-refractivity contribution in [3.05, 3.63) is 20.8 Å². The van der Waals surface area contributed by atoms with Gasteiger partial charge in [0, 0.05) is 41.0 Å². The summed E-state index contributed by atoms with van der Waals surface area (Å²) in [4.78, 5) is 0. The first-order valence-corrected chi connectivity index (χ1v) is 10.9. The summed E-state index contributed by atoms with van der Waals surface area (Å²) < 4.78 is 0.155. The molecule has 0 aromatic carbocycles. The van der Waals surface area contributed by atoms with Crippen molar-refractivity contribution in [3.8, 4) is 0 Å². The molecular formula is C5H18N2PSi5+. The zero-order valence-electron chi connectivity index (χ0n) is 9.02. The molecule has 0 amide bonds. The second-order valence-electron chi connectivity index (χ2n) is 3.94. The summed E-state index contributed by atoms with van der Waals surface area (Å²) in [7, 11) is 4.71. The average Bonchev–Trinajstić information content (AvgIpc) is 2.22. The molecular weight excluding hydrogens is 259 g/mol. The van der Waals surface area contributed by atoms with Crippen LogP contribution in [0.1, 0.15) is 0 Å². The maximum absolute atomic E-state index is 7.90. The first-order valence-electron chi connectivity index (χ1n) is 4.46. The third-order valence-electron chi connectivity index (χ3n) is 3.63. The van der Waals surface area contributed by atoms with Crippen LogP contribution in [0.25, 0.3) is 0 Å². The number of nitrogens with one attached hydrogen (secondary N) is 1. The van der Waals surface area contributed by atoms with E-state index in [2.05, 4.69) is 0 Å². The highest BCUT2D eigenvalue weighted by Gasteiger charge is 2.46. The molecule has 0 saturated heterocycles. The van der Waals surface area contributed by atoms with Crippen molar-refractivity contribution >= 4 is 59.1 Å². The maximum atomic E-state index is 7.90. The highest BCUT2D eigenvalue weighted by molar-refractivity contribution is 7.48. The molecule has 1 aliphatic carbocycles. The Hall–Kier alpha value is 0.624. The summed E-state index contributed by atoms with van der Waals surface area (Å²) in [6.07, 6.45) is 0. The van der Waals surface area contributed by atoms with Crippen LogP contribution in [0.4, 0.5) is 0 Å². The van der Waals surface area contributed by atoms with Crippen LogP contribution >= 0.6 is 7.86 Å². The van der Waals surface area contributed by atoms with Crippen LogP contribution in [-0.4, -0.2) is 56.0 Å². The Morgan fingerprint density at radius 3 is 1.54 bits per heavy atom. The summed E-state index contributed by atoms with van der Waals surface area (Å²) in [5.74, 6) is 0. The zero-order valence-corrected chi connectivity index (χ0v) is 19.9. The third-order valence-corrected chi connectivity index (χ3v) is 20.6. The van der Waals surface area contributed by atoms with E-state index in [1.165, 1.54) is 20.5 Å². The van der Waals surface area contributed by atoms with Crippen LogP contribution < -0.4 is 5.50 Å². The zero-order chi connectivity index (χ0) is 10.4. The second-order valence-corrected chi connectivity index (χ2v) is 11.9. The van der Waals surface area contributed by atoms with Gasteiger partial charge in [0.15, 0.2) is 4.78 Å². The molecule has 0 spiro atoms. The van der Waals surface area contributed by atoms with Gasteiger partial charge in [-0.2, -0.15) is 0 Å². The van der Waals surface area contributed by atoms with E-state index in [9.17, 15) is 0 Å². The van der Waals surface area contributed by atoms with E-state index in [1.807, 2.05) is 0 Å². The molecule has 0 aliphatic heterocycles. The monoisotopic (exact) mass is 277 g/mol. The molecule has 0 bridgehead atoms. The first-order chi connectivity index (χ1) is 5.83. The molecule has 0 saturated carbocycles. The van der Waals surface area contributed by atoms with Crippen molar-refractivity contribution in [2.45, 2.75) is 4.78 Å². The molecule has 0 aromatic heterocycles. The van der Waals surface area contributed by atoms with Crippen molar-refractivity contribution in [2.24, 2.45) is 5.50 Å². The Bertz CT molecular complexity index is 323. The van der Waals surface area contributed by atoms with E-state index in [1.54, 1.807) is 20.8 Å². The summed E-state index contributed by atoms with van der Waals surface area (Å²) in [5.41, 5.74) is 5.91. The van der Waals surface area contributed by atoms with Gasteiger partial charge in [0.25, 0.3) is 7.86 Å². The van der Waals surface area contributed by atoms with Gasteiger partial charge in [-0.05, 0) is 10.4 Å². The van der Waals surface area contributed by atoms with Crippen LogP contribution in [0.2, 0.25) is 0 Å². The van der Waals surface area contributed by atoms with Crippen LogP contribution in [0, 0.1) is 5.16 Å². The lowest BCUT2D eigenvalue weighted by Crippen LogP contribution is -2.31.